The summed E-state index contributed by atoms with van der Waals surface area (Å²) in [5, 5.41) is 8.90. The Morgan fingerprint density at radius 2 is 0.900 bits per heavy atom. The summed E-state index contributed by atoms with van der Waals surface area (Å²) < 4.78 is 32.7. The van der Waals surface area contributed by atoms with E-state index in [1.807, 2.05) is 6.08 Å². The number of hydrogen-bond acceptors (Lipinski definition) is 9. The highest BCUT2D eigenvalue weighted by atomic mass is 31.2. The number of allylic oxidation sites excluding steroid dienone is 10. The van der Waals surface area contributed by atoms with Gasteiger partial charge in [-0.3, -0.25) is 23.4 Å². The fourth-order valence-corrected chi connectivity index (χ4v) is 6.83. The zero-order valence-electron chi connectivity index (χ0n) is 37.5. The highest BCUT2D eigenvalue weighted by Crippen LogP contribution is 2.43. The number of esters is 2. The summed E-state index contributed by atoms with van der Waals surface area (Å²) in [5.41, 5.74) is 5.34. The van der Waals surface area contributed by atoms with Crippen molar-refractivity contribution in [2.24, 2.45) is 5.73 Å². The predicted molar refractivity (Wildman–Crippen MR) is 245 cm³/mol. The van der Waals surface area contributed by atoms with Gasteiger partial charge in [-0.05, 0) is 77.0 Å². The maximum atomic E-state index is 12.7. The first-order chi connectivity index (χ1) is 29.1. The van der Waals surface area contributed by atoms with E-state index in [2.05, 4.69) is 73.1 Å². The molecule has 0 radical (unpaired) electrons. The molecule has 4 N–H and O–H groups in total. The van der Waals surface area contributed by atoms with Crippen molar-refractivity contribution in [2.45, 2.75) is 206 Å². The standard InChI is InChI=1S/C48H84NO10P/c1-3-5-7-9-11-13-15-17-19-21-22-24-26-28-30-32-34-36-38-40-47(51)59-44(42-57-60(54,55)58-43-45(49)48(52)53)41-56-46(50)39-37-35-33-31-29-27-25-23-20-18-16-14-12-10-8-6-4-2/h11,13,17-20,25,27,31,33,44-45H,3-10,12,14-16,21-24,26,28-30,32,34-43,49H2,1-2H3,(H,52,53)(H,54,55)/b13-11+,19-17+,20-18+,27-25+,33-31+/t44-,45+/m1/s1. The van der Waals surface area contributed by atoms with Gasteiger partial charge in [0.25, 0.3) is 0 Å². The lowest BCUT2D eigenvalue weighted by Crippen LogP contribution is -2.34. The van der Waals surface area contributed by atoms with Gasteiger partial charge < -0.3 is 25.2 Å². The van der Waals surface area contributed by atoms with Crippen LogP contribution in [0.1, 0.15) is 194 Å². The molecule has 0 aliphatic heterocycles. The molecule has 3 atom stereocenters. The van der Waals surface area contributed by atoms with Crippen LogP contribution in [0.4, 0.5) is 0 Å². The highest BCUT2D eigenvalue weighted by Gasteiger charge is 2.28. The Labute approximate surface area is 364 Å². The summed E-state index contributed by atoms with van der Waals surface area (Å²) in [4.78, 5) is 46.0. The number of hydrogen-bond donors (Lipinski definition) is 3. The number of phosphoric acid groups is 1. The third kappa shape index (κ3) is 41.9. The Bertz CT molecular complexity index is 1250. The van der Waals surface area contributed by atoms with Gasteiger partial charge in [0.2, 0.25) is 0 Å². The number of ether oxygens (including phenoxy) is 2. The molecule has 0 aromatic heterocycles. The van der Waals surface area contributed by atoms with Crippen molar-refractivity contribution in [3.63, 3.8) is 0 Å². The van der Waals surface area contributed by atoms with Crippen LogP contribution in [0.2, 0.25) is 0 Å². The monoisotopic (exact) mass is 866 g/mol. The molecule has 0 aliphatic carbocycles. The van der Waals surface area contributed by atoms with Crippen molar-refractivity contribution in [1.82, 2.24) is 0 Å². The van der Waals surface area contributed by atoms with Crippen LogP contribution in [0, 0.1) is 0 Å². The van der Waals surface area contributed by atoms with Crippen LogP contribution >= 0.6 is 7.82 Å². The number of aliphatic carboxylic acids is 1. The molecule has 0 amide bonds. The van der Waals surface area contributed by atoms with Crippen LogP contribution in [0.3, 0.4) is 0 Å². The molecule has 11 nitrogen and oxygen atoms in total. The van der Waals surface area contributed by atoms with Crippen molar-refractivity contribution >= 4 is 25.7 Å². The van der Waals surface area contributed by atoms with E-state index < -0.39 is 51.1 Å². The van der Waals surface area contributed by atoms with Crippen molar-refractivity contribution in [3.8, 4) is 0 Å². The molecule has 1 unspecified atom stereocenters. The molecule has 0 aromatic rings. The molecule has 0 saturated carbocycles. The molecule has 0 aromatic carbocycles. The number of phosphoric ester groups is 1. The van der Waals surface area contributed by atoms with E-state index in [9.17, 15) is 23.8 Å². The summed E-state index contributed by atoms with van der Waals surface area (Å²) in [6.45, 7) is 2.72. The van der Waals surface area contributed by atoms with Crippen LogP contribution in [0.5, 0.6) is 0 Å². The molecule has 0 fully saturated rings. The van der Waals surface area contributed by atoms with E-state index >= 15 is 0 Å². The largest absolute Gasteiger partial charge is 0.480 e. The first-order valence-electron chi connectivity index (χ1n) is 23.3. The average molecular weight is 866 g/mol. The zero-order chi connectivity index (χ0) is 44.2. The minimum absolute atomic E-state index is 0.144. The lowest BCUT2D eigenvalue weighted by molar-refractivity contribution is -0.161. The van der Waals surface area contributed by atoms with Gasteiger partial charge in [-0.2, -0.15) is 0 Å². The van der Waals surface area contributed by atoms with E-state index in [0.717, 1.165) is 51.4 Å². The molecule has 12 heteroatoms. The Morgan fingerprint density at radius 3 is 1.40 bits per heavy atom. The van der Waals surface area contributed by atoms with Crippen molar-refractivity contribution in [3.05, 3.63) is 60.8 Å². The van der Waals surface area contributed by atoms with E-state index in [-0.39, 0.29) is 19.4 Å². The van der Waals surface area contributed by atoms with Gasteiger partial charge in [0.1, 0.15) is 12.6 Å². The van der Waals surface area contributed by atoms with E-state index in [0.29, 0.717) is 19.3 Å². The van der Waals surface area contributed by atoms with Gasteiger partial charge in [-0.25, -0.2) is 4.57 Å². The maximum Gasteiger partial charge on any atom is 0.472 e. The van der Waals surface area contributed by atoms with Gasteiger partial charge >= 0.3 is 25.7 Å². The lowest BCUT2D eigenvalue weighted by Gasteiger charge is -2.20. The minimum Gasteiger partial charge on any atom is -0.480 e. The Balaban J connectivity index is 4.40. The molecule has 60 heavy (non-hydrogen) atoms. The fourth-order valence-electron chi connectivity index (χ4n) is 6.05. The first-order valence-corrected chi connectivity index (χ1v) is 24.8. The van der Waals surface area contributed by atoms with Gasteiger partial charge in [-0.15, -0.1) is 0 Å². The zero-order valence-corrected chi connectivity index (χ0v) is 38.4. The quantitative estimate of drug-likeness (QED) is 0.0230. The summed E-state index contributed by atoms with van der Waals surface area (Å²) in [6.07, 6.45) is 50.0. The van der Waals surface area contributed by atoms with Crippen LogP contribution in [0.15, 0.2) is 60.8 Å². The second-order valence-corrected chi connectivity index (χ2v) is 17.0. The summed E-state index contributed by atoms with van der Waals surface area (Å²) >= 11 is 0. The van der Waals surface area contributed by atoms with Crippen molar-refractivity contribution < 1.29 is 47.5 Å². The second kappa shape index (κ2) is 42.9. The van der Waals surface area contributed by atoms with Crippen LogP contribution in [-0.4, -0.2) is 59.9 Å². The predicted octanol–water partition coefficient (Wildman–Crippen LogP) is 12.7. The third-order valence-electron chi connectivity index (χ3n) is 9.74. The van der Waals surface area contributed by atoms with Gasteiger partial charge in [0, 0.05) is 12.8 Å². The van der Waals surface area contributed by atoms with Crippen LogP contribution < -0.4 is 5.73 Å². The molecular weight excluding hydrogens is 781 g/mol. The van der Waals surface area contributed by atoms with E-state index in [4.69, 9.17) is 24.8 Å². The normalized spacial score (nSPS) is 14.2. The topological polar surface area (TPSA) is 172 Å². The SMILES string of the molecule is CCCCC/C=C/C/C=C/CCCCCCCCCCCC(=O)O[C@H](COC(=O)CCC/C=C/C/C=C/C/C=C/CCCCCCCC)COP(=O)(O)OC[C@H](N)C(=O)O. The smallest absolute Gasteiger partial charge is 0.472 e. The number of carboxylic acids is 1. The molecule has 0 rings (SSSR count). The van der Waals surface area contributed by atoms with Gasteiger partial charge in [-0.1, -0.05) is 164 Å². The first kappa shape index (κ1) is 57.2. The molecule has 346 valence electrons. The molecule has 0 saturated heterocycles. The van der Waals surface area contributed by atoms with E-state index in [1.54, 1.807) is 0 Å². The number of nitrogens with two attached hydrogens (primary N) is 1. The number of carbonyl (C=O) groups excluding carboxylic acids is 2. The Hall–Kier alpha value is -2.82. The summed E-state index contributed by atoms with van der Waals surface area (Å²) in [5.74, 6) is -2.45. The van der Waals surface area contributed by atoms with Crippen LogP contribution in [-0.2, 0) is 37.5 Å². The fraction of sp³-hybridized carbons (Fsp3) is 0.729. The number of unbranched alkanes of at least 4 members (excludes halogenated alkanes) is 19. The molecule has 0 heterocycles. The molecule has 0 bridgehead atoms. The number of carbonyl (C=O) groups is 3. The molecule has 0 spiro atoms. The second-order valence-electron chi connectivity index (χ2n) is 15.5. The maximum absolute atomic E-state index is 12.7. The van der Waals surface area contributed by atoms with E-state index in [1.165, 1.54) is 96.3 Å². The Kier molecular flexibility index (Phi) is 40.8. The van der Waals surface area contributed by atoms with Crippen molar-refractivity contribution in [1.29, 1.82) is 0 Å². The highest BCUT2D eigenvalue weighted by molar-refractivity contribution is 7.47. The number of carboxylic acid groups (broad SMARTS) is 1. The minimum atomic E-state index is -4.73. The van der Waals surface area contributed by atoms with Crippen LogP contribution in [0.25, 0.3) is 0 Å². The van der Waals surface area contributed by atoms with Gasteiger partial charge in [0.05, 0.1) is 13.2 Å². The number of rotatable bonds is 43. The summed E-state index contributed by atoms with van der Waals surface area (Å²) in [7, 11) is -4.73. The average Bonchev–Trinajstić information content (AvgIpc) is 3.22. The third-order valence-corrected chi connectivity index (χ3v) is 10.7. The Morgan fingerprint density at radius 1 is 0.517 bits per heavy atom. The van der Waals surface area contributed by atoms with Gasteiger partial charge in [0.15, 0.2) is 6.10 Å². The lowest BCUT2D eigenvalue weighted by atomic mass is 10.1. The molecular formula is C48H84NO10P. The van der Waals surface area contributed by atoms with Crippen molar-refractivity contribution in [2.75, 3.05) is 19.8 Å². The summed E-state index contributed by atoms with van der Waals surface area (Å²) in [6, 6.07) is -1.53. The molecule has 0 aliphatic rings.